The predicted molar refractivity (Wildman–Crippen MR) is 151 cm³/mol. The first-order valence-corrected chi connectivity index (χ1v) is 13.6. The molecule has 2 aliphatic rings. The summed E-state index contributed by atoms with van der Waals surface area (Å²) in [6.07, 6.45) is 6.04. The van der Waals surface area contributed by atoms with Crippen LogP contribution in [-0.2, 0) is 13.1 Å². The number of hydrogen-bond donors (Lipinski definition) is 1. The highest BCUT2D eigenvalue weighted by Gasteiger charge is 2.27. The zero-order valence-electron chi connectivity index (χ0n) is 22.0. The molecule has 1 aliphatic heterocycles. The summed E-state index contributed by atoms with van der Waals surface area (Å²) >= 11 is 0. The second kappa shape index (κ2) is 9.81. The number of methoxy groups -OCH3 is 1. The molecule has 2 fully saturated rings. The number of nitrogens with one attached hydrogen (secondary N) is 1. The summed E-state index contributed by atoms with van der Waals surface area (Å²) < 4.78 is 7.23. The minimum atomic E-state index is 0.0346. The Morgan fingerprint density at radius 1 is 0.949 bits per heavy atom. The molecule has 0 radical (unpaired) electrons. The molecule has 9 nitrogen and oxygen atoms in total. The molecule has 7 rings (SSSR count). The van der Waals surface area contributed by atoms with Crippen LogP contribution in [0.3, 0.4) is 0 Å². The summed E-state index contributed by atoms with van der Waals surface area (Å²) in [6.45, 7) is 5.12. The highest BCUT2D eigenvalue weighted by molar-refractivity contribution is 5.77. The van der Waals surface area contributed by atoms with Crippen molar-refractivity contribution in [2.45, 2.75) is 31.8 Å². The maximum absolute atomic E-state index is 12.5. The number of H-pyrrole nitrogens is 1. The van der Waals surface area contributed by atoms with Gasteiger partial charge in [-0.1, -0.05) is 12.1 Å². The van der Waals surface area contributed by atoms with Crippen LogP contribution in [-0.4, -0.2) is 62.9 Å². The third kappa shape index (κ3) is 4.85. The molecule has 39 heavy (non-hydrogen) atoms. The molecule has 4 aromatic heterocycles. The van der Waals surface area contributed by atoms with Crippen LogP contribution < -0.4 is 15.2 Å². The number of ether oxygens (including phenoxy) is 1. The number of rotatable bonds is 7. The Kier molecular flexibility index (Phi) is 6.00. The number of aromatic amines is 1. The lowest BCUT2D eigenvalue weighted by Crippen LogP contribution is -2.46. The van der Waals surface area contributed by atoms with Gasteiger partial charge >= 0.3 is 0 Å². The molecule has 0 spiro atoms. The number of benzene rings is 1. The van der Waals surface area contributed by atoms with Crippen molar-refractivity contribution in [2.24, 2.45) is 0 Å². The number of aromatic nitrogens is 5. The van der Waals surface area contributed by atoms with E-state index in [4.69, 9.17) is 9.72 Å². The van der Waals surface area contributed by atoms with Crippen LogP contribution in [0.2, 0.25) is 0 Å². The summed E-state index contributed by atoms with van der Waals surface area (Å²) in [4.78, 5) is 30.0. The summed E-state index contributed by atoms with van der Waals surface area (Å²) in [6, 6.07) is 16.3. The monoisotopic (exact) mass is 521 g/mol. The standard InChI is InChI=1S/C30H31N7O2/c1-39-24-7-2-20(3-8-24)19-37-29-23(17-32-37)6-9-28(34-29)36-12-10-35(11-13-36)18-21-14-27-26(31-16-21)15-25(22-4-5-22)30(38)33-27/h2-3,6-9,14-17,22H,4-5,10-13,18-19H2,1H3,(H,33,38). The van der Waals surface area contributed by atoms with Crippen molar-refractivity contribution in [3.05, 3.63) is 88.0 Å². The van der Waals surface area contributed by atoms with Gasteiger partial charge in [0.1, 0.15) is 11.6 Å². The molecular weight excluding hydrogens is 490 g/mol. The van der Waals surface area contributed by atoms with E-state index in [1.54, 1.807) is 7.11 Å². The van der Waals surface area contributed by atoms with Gasteiger partial charge in [-0.2, -0.15) is 5.10 Å². The molecule has 198 valence electrons. The fraction of sp³-hybridized carbons (Fsp3) is 0.333. The molecule has 5 aromatic rings. The van der Waals surface area contributed by atoms with Crippen LogP contribution in [0.4, 0.5) is 5.82 Å². The van der Waals surface area contributed by atoms with Gasteiger partial charge in [0.25, 0.3) is 5.56 Å². The fourth-order valence-corrected chi connectivity index (χ4v) is 5.46. The van der Waals surface area contributed by atoms with Crippen LogP contribution in [0.1, 0.15) is 35.4 Å². The summed E-state index contributed by atoms with van der Waals surface area (Å²) in [7, 11) is 1.68. The molecule has 1 aliphatic carbocycles. The predicted octanol–water partition coefficient (Wildman–Crippen LogP) is 3.92. The Hall–Kier alpha value is -4.24. The van der Waals surface area contributed by atoms with Gasteiger partial charge < -0.3 is 14.6 Å². The molecule has 0 bridgehead atoms. The number of nitrogens with zero attached hydrogens (tertiary/aromatic N) is 6. The number of piperazine rings is 1. The second-order valence-corrected chi connectivity index (χ2v) is 10.6. The van der Waals surface area contributed by atoms with Crippen molar-refractivity contribution >= 4 is 27.9 Å². The van der Waals surface area contributed by atoms with Gasteiger partial charge in [0.05, 0.1) is 30.9 Å². The number of hydrogen-bond acceptors (Lipinski definition) is 7. The molecule has 9 heteroatoms. The van der Waals surface area contributed by atoms with E-state index >= 15 is 0 Å². The highest BCUT2D eigenvalue weighted by atomic mass is 16.5. The lowest BCUT2D eigenvalue weighted by atomic mass is 10.1. The second-order valence-electron chi connectivity index (χ2n) is 10.6. The molecule has 1 N–H and O–H groups in total. The fourth-order valence-electron chi connectivity index (χ4n) is 5.46. The van der Waals surface area contributed by atoms with E-state index in [1.165, 1.54) is 0 Å². The maximum atomic E-state index is 12.5. The van der Waals surface area contributed by atoms with Crippen molar-refractivity contribution in [2.75, 3.05) is 38.2 Å². The SMILES string of the molecule is COc1ccc(Cn2ncc3ccc(N4CCN(Cc5cnc6cc(C7CC7)c(=O)[nH]c6c5)CC4)nc32)cc1. The van der Waals surface area contributed by atoms with Gasteiger partial charge in [0.2, 0.25) is 0 Å². The minimum absolute atomic E-state index is 0.0346. The van der Waals surface area contributed by atoms with Crippen molar-refractivity contribution in [1.29, 1.82) is 0 Å². The maximum Gasteiger partial charge on any atom is 0.252 e. The van der Waals surface area contributed by atoms with Crippen LogP contribution >= 0.6 is 0 Å². The zero-order chi connectivity index (χ0) is 26.3. The Morgan fingerprint density at radius 2 is 1.77 bits per heavy atom. The van der Waals surface area contributed by atoms with Crippen molar-refractivity contribution in [1.82, 2.24) is 29.6 Å². The summed E-state index contributed by atoms with van der Waals surface area (Å²) in [5, 5.41) is 5.63. The average molecular weight is 522 g/mol. The first-order valence-electron chi connectivity index (χ1n) is 13.6. The van der Waals surface area contributed by atoms with Crippen LogP contribution in [0.15, 0.2) is 65.7 Å². The van der Waals surface area contributed by atoms with Gasteiger partial charge in [-0.25, -0.2) is 9.67 Å². The van der Waals surface area contributed by atoms with Gasteiger partial charge in [-0.15, -0.1) is 0 Å². The molecule has 1 aromatic carbocycles. The van der Waals surface area contributed by atoms with E-state index in [0.717, 1.165) is 95.9 Å². The van der Waals surface area contributed by atoms with Gasteiger partial charge in [0.15, 0.2) is 5.65 Å². The number of anilines is 1. The van der Waals surface area contributed by atoms with Gasteiger partial charge in [-0.05, 0) is 66.3 Å². The number of fused-ring (bicyclic) bond motifs is 2. The largest absolute Gasteiger partial charge is 0.497 e. The van der Waals surface area contributed by atoms with E-state index in [-0.39, 0.29) is 5.56 Å². The highest BCUT2D eigenvalue weighted by Crippen LogP contribution is 2.38. The molecule has 1 saturated heterocycles. The Balaban J connectivity index is 1.02. The molecular formula is C30H31N7O2. The third-order valence-corrected chi connectivity index (χ3v) is 7.86. The normalized spacial score (nSPS) is 16.3. The minimum Gasteiger partial charge on any atom is -0.497 e. The Bertz CT molecular complexity index is 1700. The van der Waals surface area contributed by atoms with Crippen LogP contribution in [0.25, 0.3) is 22.1 Å². The first-order chi connectivity index (χ1) is 19.1. The molecule has 5 heterocycles. The molecule has 0 amide bonds. The van der Waals surface area contributed by atoms with Crippen molar-refractivity contribution in [3.8, 4) is 5.75 Å². The van der Waals surface area contributed by atoms with Crippen LogP contribution in [0.5, 0.6) is 5.75 Å². The smallest absolute Gasteiger partial charge is 0.252 e. The third-order valence-electron chi connectivity index (χ3n) is 7.86. The topological polar surface area (TPSA) is 92.2 Å². The van der Waals surface area contributed by atoms with Crippen molar-refractivity contribution in [3.63, 3.8) is 0 Å². The van der Waals surface area contributed by atoms with Gasteiger partial charge in [-0.3, -0.25) is 14.7 Å². The lowest BCUT2D eigenvalue weighted by Gasteiger charge is -2.35. The summed E-state index contributed by atoms with van der Waals surface area (Å²) in [5.74, 6) is 2.24. The van der Waals surface area contributed by atoms with Gasteiger partial charge in [0, 0.05) is 49.9 Å². The molecule has 1 saturated carbocycles. The molecule has 0 atom stereocenters. The van der Waals surface area contributed by atoms with Crippen molar-refractivity contribution < 1.29 is 4.74 Å². The number of pyridine rings is 3. The van der Waals surface area contributed by atoms with E-state index < -0.39 is 0 Å². The van der Waals surface area contributed by atoms with E-state index in [1.807, 2.05) is 35.3 Å². The van der Waals surface area contributed by atoms with E-state index in [2.05, 4.69) is 55.2 Å². The average Bonchev–Trinajstić information content (AvgIpc) is 3.74. The molecule has 0 unspecified atom stereocenters. The Morgan fingerprint density at radius 3 is 2.54 bits per heavy atom. The summed E-state index contributed by atoms with van der Waals surface area (Å²) in [5.41, 5.74) is 5.78. The zero-order valence-corrected chi connectivity index (χ0v) is 22.0. The Labute approximate surface area is 226 Å². The van der Waals surface area contributed by atoms with Crippen LogP contribution in [0, 0.1) is 0 Å². The van der Waals surface area contributed by atoms with E-state index in [9.17, 15) is 4.79 Å². The first kappa shape index (κ1) is 23.8. The van der Waals surface area contributed by atoms with E-state index in [0.29, 0.717) is 12.5 Å². The quantitative estimate of drug-likeness (QED) is 0.347. The lowest BCUT2D eigenvalue weighted by molar-refractivity contribution is 0.249.